The van der Waals surface area contributed by atoms with Crippen LogP contribution < -0.4 is 5.43 Å². The molecule has 0 unspecified atom stereocenters. The number of nitro benzene ring substituents is 1. The third kappa shape index (κ3) is 2.91. The van der Waals surface area contributed by atoms with E-state index >= 15 is 0 Å². The maximum Gasteiger partial charge on any atom is 0.297 e. The number of hydrogen-bond acceptors (Lipinski definition) is 7. The van der Waals surface area contributed by atoms with E-state index in [0.717, 1.165) is 6.07 Å². The third-order valence-corrected chi connectivity index (χ3v) is 1.68. The van der Waals surface area contributed by atoms with Gasteiger partial charge in [-0.2, -0.15) is 15.6 Å². The fourth-order valence-electron chi connectivity index (χ4n) is 0.957. The highest BCUT2D eigenvalue weighted by molar-refractivity contribution is 6.10. The molecule has 0 amide bonds. The molecule has 0 heterocycles. The summed E-state index contributed by atoms with van der Waals surface area (Å²) in [6, 6.07) is 6.33. The first-order chi connectivity index (χ1) is 8.08. The molecule has 1 rings (SSSR count). The zero-order valence-electron chi connectivity index (χ0n) is 8.28. The van der Waals surface area contributed by atoms with Gasteiger partial charge in [-0.15, -0.1) is 0 Å². The zero-order valence-corrected chi connectivity index (χ0v) is 8.28. The Kier molecular flexibility index (Phi) is 3.58. The van der Waals surface area contributed by atoms with Crippen LogP contribution in [-0.2, 0) is 0 Å². The Balaban J connectivity index is 3.09. The molecule has 2 N–H and O–H groups in total. The number of benzene rings is 1. The van der Waals surface area contributed by atoms with E-state index in [0.29, 0.717) is 0 Å². The van der Waals surface area contributed by atoms with Crippen molar-refractivity contribution in [1.29, 1.82) is 10.5 Å². The Labute approximate surface area is 95.2 Å². The number of phenolic OH excluding ortho intramolecular Hbond substituents is 1. The van der Waals surface area contributed by atoms with E-state index in [2.05, 4.69) is 10.5 Å². The minimum atomic E-state index is -0.726. The molecule has 8 nitrogen and oxygen atoms in total. The van der Waals surface area contributed by atoms with Gasteiger partial charge in [-0.25, -0.2) is 0 Å². The van der Waals surface area contributed by atoms with Gasteiger partial charge in [-0.05, 0) is 12.1 Å². The Hall–Kier alpha value is -3.13. The largest absolute Gasteiger partial charge is 0.508 e. The van der Waals surface area contributed by atoms with E-state index < -0.39 is 16.3 Å². The molecule has 0 saturated heterocycles. The molecule has 0 saturated carbocycles. The van der Waals surface area contributed by atoms with E-state index in [1.54, 1.807) is 0 Å². The molecule has 0 fully saturated rings. The number of nitrogens with zero attached hydrogens (tertiary/aromatic N) is 4. The lowest BCUT2D eigenvalue weighted by atomic mass is 10.2. The van der Waals surface area contributed by atoms with Crippen LogP contribution in [0.4, 0.5) is 11.4 Å². The molecule has 1 aromatic carbocycles. The molecular weight excluding hydrogens is 226 g/mol. The van der Waals surface area contributed by atoms with Crippen molar-refractivity contribution in [1.82, 2.24) is 0 Å². The summed E-state index contributed by atoms with van der Waals surface area (Å²) in [5.74, 6) is -0.271. The maximum absolute atomic E-state index is 10.6. The standard InChI is InChI=1S/C9H5N5O3/c10-4-6(5-11)12-13-8-2-1-7(15)3-9(8)14(16)17/h1-3,13,15H. The van der Waals surface area contributed by atoms with Gasteiger partial charge in [-0.3, -0.25) is 15.5 Å². The van der Waals surface area contributed by atoms with Gasteiger partial charge in [0, 0.05) is 0 Å². The lowest BCUT2D eigenvalue weighted by molar-refractivity contribution is -0.384. The van der Waals surface area contributed by atoms with Crippen LogP contribution in [0.1, 0.15) is 0 Å². The minimum Gasteiger partial charge on any atom is -0.508 e. The van der Waals surface area contributed by atoms with E-state index in [9.17, 15) is 10.1 Å². The summed E-state index contributed by atoms with van der Waals surface area (Å²) in [5, 5.41) is 39.9. The highest BCUT2D eigenvalue weighted by Crippen LogP contribution is 2.28. The monoisotopic (exact) mass is 231 g/mol. The fourth-order valence-corrected chi connectivity index (χ4v) is 0.957. The molecule has 84 valence electrons. The minimum absolute atomic E-state index is 0.0317. The molecule has 0 bridgehead atoms. The van der Waals surface area contributed by atoms with Crippen LogP contribution in [0.3, 0.4) is 0 Å². The average molecular weight is 231 g/mol. The number of anilines is 1. The quantitative estimate of drug-likeness (QED) is 0.346. The van der Waals surface area contributed by atoms with Gasteiger partial charge in [0.25, 0.3) is 5.69 Å². The van der Waals surface area contributed by atoms with Gasteiger partial charge in [0.05, 0.1) is 11.0 Å². The van der Waals surface area contributed by atoms with Crippen molar-refractivity contribution in [3.63, 3.8) is 0 Å². The number of hydrazone groups is 1. The summed E-state index contributed by atoms with van der Waals surface area (Å²) < 4.78 is 0. The average Bonchev–Trinajstić information content (AvgIpc) is 2.31. The summed E-state index contributed by atoms with van der Waals surface area (Å²) in [5.41, 5.74) is 1.30. The second-order valence-electron chi connectivity index (χ2n) is 2.75. The van der Waals surface area contributed by atoms with Crippen molar-refractivity contribution < 1.29 is 10.0 Å². The Bertz CT molecular complexity index is 551. The van der Waals surface area contributed by atoms with Gasteiger partial charge >= 0.3 is 0 Å². The Morgan fingerprint density at radius 3 is 2.65 bits per heavy atom. The van der Waals surface area contributed by atoms with E-state index in [1.807, 2.05) is 0 Å². The third-order valence-electron chi connectivity index (χ3n) is 1.68. The fraction of sp³-hybridized carbons (Fsp3) is 0. The molecular formula is C9H5N5O3. The molecule has 0 aliphatic rings. The summed E-state index contributed by atoms with van der Waals surface area (Å²) in [6.45, 7) is 0. The van der Waals surface area contributed by atoms with E-state index in [1.165, 1.54) is 24.3 Å². The zero-order chi connectivity index (χ0) is 12.8. The second kappa shape index (κ2) is 5.09. The van der Waals surface area contributed by atoms with Gasteiger partial charge in [0.15, 0.2) is 0 Å². The first-order valence-electron chi connectivity index (χ1n) is 4.19. The van der Waals surface area contributed by atoms with Gasteiger partial charge in [-0.1, -0.05) is 0 Å². The Morgan fingerprint density at radius 1 is 1.47 bits per heavy atom. The topological polar surface area (TPSA) is 135 Å². The van der Waals surface area contributed by atoms with Crippen molar-refractivity contribution in [3.8, 4) is 17.9 Å². The highest BCUT2D eigenvalue weighted by Gasteiger charge is 2.14. The van der Waals surface area contributed by atoms with Crippen LogP contribution in [0.15, 0.2) is 23.3 Å². The van der Waals surface area contributed by atoms with Crippen molar-refractivity contribution >= 4 is 17.1 Å². The number of aromatic hydroxyl groups is 1. The predicted octanol–water partition coefficient (Wildman–Crippen LogP) is 1.12. The van der Waals surface area contributed by atoms with Crippen LogP contribution in [0, 0.1) is 32.8 Å². The molecule has 0 aromatic heterocycles. The highest BCUT2D eigenvalue weighted by atomic mass is 16.6. The molecule has 0 aliphatic carbocycles. The van der Waals surface area contributed by atoms with E-state index in [4.69, 9.17) is 15.6 Å². The summed E-state index contributed by atoms with van der Waals surface area (Å²) in [4.78, 5) is 9.91. The van der Waals surface area contributed by atoms with E-state index in [-0.39, 0.29) is 11.4 Å². The molecule has 0 atom stereocenters. The summed E-state index contributed by atoms with van der Waals surface area (Å²) >= 11 is 0. The molecule has 0 spiro atoms. The van der Waals surface area contributed by atoms with Crippen molar-refractivity contribution in [2.75, 3.05) is 5.43 Å². The molecule has 0 aliphatic heterocycles. The van der Waals surface area contributed by atoms with Crippen LogP contribution >= 0.6 is 0 Å². The molecule has 8 heteroatoms. The first-order valence-corrected chi connectivity index (χ1v) is 4.19. The summed E-state index contributed by atoms with van der Waals surface area (Å²) in [6.07, 6.45) is 0. The number of nitrogens with one attached hydrogen (secondary N) is 1. The van der Waals surface area contributed by atoms with Crippen LogP contribution in [0.2, 0.25) is 0 Å². The lowest BCUT2D eigenvalue weighted by Gasteiger charge is -2.01. The Morgan fingerprint density at radius 2 is 2.12 bits per heavy atom. The van der Waals surface area contributed by atoms with Crippen LogP contribution in [0.5, 0.6) is 5.75 Å². The normalized spacial score (nSPS) is 8.59. The smallest absolute Gasteiger partial charge is 0.297 e. The molecule has 0 radical (unpaired) electrons. The molecule has 17 heavy (non-hydrogen) atoms. The number of rotatable bonds is 3. The van der Waals surface area contributed by atoms with Gasteiger partial charge < -0.3 is 5.11 Å². The molecule has 1 aromatic rings. The lowest BCUT2D eigenvalue weighted by Crippen LogP contribution is -1.99. The number of nitro groups is 1. The number of nitriles is 2. The van der Waals surface area contributed by atoms with Crippen molar-refractivity contribution in [2.24, 2.45) is 5.10 Å². The maximum atomic E-state index is 10.6. The van der Waals surface area contributed by atoms with Gasteiger partial charge in [0.2, 0.25) is 5.71 Å². The number of hydrogen-bond donors (Lipinski definition) is 2. The predicted molar refractivity (Wildman–Crippen MR) is 57.0 cm³/mol. The SMILES string of the molecule is N#CC(C#N)=NNc1ccc(O)cc1[N+](=O)[O-]. The van der Waals surface area contributed by atoms with Gasteiger partial charge in [0.1, 0.15) is 23.6 Å². The summed E-state index contributed by atoms with van der Waals surface area (Å²) in [7, 11) is 0. The van der Waals surface area contributed by atoms with Crippen LogP contribution in [-0.4, -0.2) is 15.7 Å². The van der Waals surface area contributed by atoms with Crippen molar-refractivity contribution in [2.45, 2.75) is 0 Å². The van der Waals surface area contributed by atoms with Crippen LogP contribution in [0.25, 0.3) is 0 Å². The van der Waals surface area contributed by atoms with Crippen molar-refractivity contribution in [3.05, 3.63) is 28.3 Å². The first kappa shape index (κ1) is 11.9. The number of phenols is 1. The second-order valence-corrected chi connectivity index (χ2v) is 2.75.